The highest BCUT2D eigenvalue weighted by Crippen LogP contribution is 2.24. The molecule has 0 unspecified atom stereocenters. The summed E-state index contributed by atoms with van der Waals surface area (Å²) in [6.45, 7) is 1.99. The fraction of sp³-hybridized carbons (Fsp3) is 0.0769. The van der Waals surface area contributed by atoms with Gasteiger partial charge in [0.05, 0.1) is 0 Å². The van der Waals surface area contributed by atoms with Crippen LogP contribution in [0.5, 0.6) is 0 Å². The largest absolute Gasteiger partial charge is 0.355 e. The summed E-state index contributed by atoms with van der Waals surface area (Å²) in [7, 11) is 0. The van der Waals surface area contributed by atoms with Gasteiger partial charge in [-0.05, 0) is 48.9 Å². The van der Waals surface area contributed by atoms with Crippen molar-refractivity contribution in [3.05, 3.63) is 58.9 Å². The Morgan fingerprint density at radius 2 is 1.75 bits per heavy atom. The number of aryl methyl sites for hydroxylation is 1. The molecule has 0 aliphatic carbocycles. The first-order chi connectivity index (χ1) is 7.65. The van der Waals surface area contributed by atoms with Crippen molar-refractivity contribution in [3.63, 3.8) is 0 Å². The molecular weight excluding hydrogens is 225 g/mol. The van der Waals surface area contributed by atoms with Crippen molar-refractivity contribution in [2.24, 2.45) is 0 Å². The summed E-state index contributed by atoms with van der Waals surface area (Å²) >= 11 is 5.91. The minimum absolute atomic E-state index is 0.242. The van der Waals surface area contributed by atoms with E-state index in [1.807, 2.05) is 25.1 Å². The molecule has 0 saturated heterocycles. The molecule has 0 aliphatic rings. The average Bonchev–Trinajstić information content (AvgIpc) is 2.27. The number of halogens is 2. The van der Waals surface area contributed by atoms with Crippen molar-refractivity contribution < 1.29 is 4.39 Å². The van der Waals surface area contributed by atoms with Crippen LogP contribution in [0.25, 0.3) is 0 Å². The van der Waals surface area contributed by atoms with Crippen LogP contribution in [0, 0.1) is 12.7 Å². The Kier molecular flexibility index (Phi) is 3.11. The van der Waals surface area contributed by atoms with Gasteiger partial charge >= 0.3 is 0 Å². The topological polar surface area (TPSA) is 12.0 Å². The predicted octanol–water partition coefficient (Wildman–Crippen LogP) is 4.53. The average molecular weight is 236 g/mol. The van der Waals surface area contributed by atoms with Gasteiger partial charge < -0.3 is 5.32 Å². The predicted molar refractivity (Wildman–Crippen MR) is 65.9 cm³/mol. The van der Waals surface area contributed by atoms with E-state index in [1.165, 1.54) is 12.1 Å². The number of nitrogens with one attached hydrogen (secondary N) is 1. The first kappa shape index (κ1) is 11.0. The van der Waals surface area contributed by atoms with Crippen molar-refractivity contribution in [3.8, 4) is 0 Å². The molecule has 0 bridgehead atoms. The Morgan fingerprint density at radius 3 is 2.44 bits per heavy atom. The summed E-state index contributed by atoms with van der Waals surface area (Å²) < 4.78 is 12.7. The monoisotopic (exact) mass is 235 g/mol. The van der Waals surface area contributed by atoms with E-state index in [0.29, 0.717) is 5.02 Å². The van der Waals surface area contributed by atoms with Crippen LogP contribution in [0.1, 0.15) is 5.56 Å². The molecule has 0 aromatic heterocycles. The van der Waals surface area contributed by atoms with Gasteiger partial charge in [-0.3, -0.25) is 0 Å². The number of hydrogen-bond donors (Lipinski definition) is 1. The van der Waals surface area contributed by atoms with E-state index in [1.54, 1.807) is 12.1 Å². The smallest absolute Gasteiger partial charge is 0.123 e. The normalized spacial score (nSPS) is 10.2. The summed E-state index contributed by atoms with van der Waals surface area (Å²) in [5, 5.41) is 3.87. The Morgan fingerprint density at radius 1 is 1.06 bits per heavy atom. The van der Waals surface area contributed by atoms with E-state index in [0.717, 1.165) is 16.9 Å². The first-order valence-corrected chi connectivity index (χ1v) is 5.32. The molecule has 0 radical (unpaired) electrons. The van der Waals surface area contributed by atoms with Crippen LogP contribution in [-0.4, -0.2) is 0 Å². The second-order valence-electron chi connectivity index (χ2n) is 3.59. The van der Waals surface area contributed by atoms with Gasteiger partial charge in [0.2, 0.25) is 0 Å². The lowest BCUT2D eigenvalue weighted by Crippen LogP contribution is -1.92. The summed E-state index contributed by atoms with van der Waals surface area (Å²) in [4.78, 5) is 0. The van der Waals surface area contributed by atoms with Crippen molar-refractivity contribution in [1.82, 2.24) is 0 Å². The van der Waals surface area contributed by atoms with Crippen LogP contribution in [-0.2, 0) is 0 Å². The minimum atomic E-state index is -0.242. The number of rotatable bonds is 2. The lowest BCUT2D eigenvalue weighted by atomic mass is 10.2. The maximum absolute atomic E-state index is 12.7. The van der Waals surface area contributed by atoms with E-state index < -0.39 is 0 Å². The van der Waals surface area contributed by atoms with E-state index in [9.17, 15) is 4.39 Å². The molecule has 3 heteroatoms. The fourth-order valence-electron chi connectivity index (χ4n) is 1.42. The van der Waals surface area contributed by atoms with Gasteiger partial charge in [-0.15, -0.1) is 0 Å². The van der Waals surface area contributed by atoms with Crippen LogP contribution < -0.4 is 5.32 Å². The maximum atomic E-state index is 12.7. The molecule has 1 nitrogen and oxygen atoms in total. The van der Waals surface area contributed by atoms with E-state index >= 15 is 0 Å². The van der Waals surface area contributed by atoms with Gasteiger partial charge in [0.1, 0.15) is 5.82 Å². The highest BCUT2D eigenvalue weighted by atomic mass is 35.5. The lowest BCUT2D eigenvalue weighted by Gasteiger charge is -2.09. The van der Waals surface area contributed by atoms with Crippen LogP contribution in [0.4, 0.5) is 15.8 Å². The van der Waals surface area contributed by atoms with Crippen LogP contribution in [0.15, 0.2) is 42.5 Å². The Balaban J connectivity index is 2.26. The lowest BCUT2D eigenvalue weighted by molar-refractivity contribution is 0.628. The second kappa shape index (κ2) is 4.54. The van der Waals surface area contributed by atoms with E-state index in [2.05, 4.69) is 5.32 Å². The minimum Gasteiger partial charge on any atom is -0.355 e. The van der Waals surface area contributed by atoms with Crippen LogP contribution in [0.3, 0.4) is 0 Å². The van der Waals surface area contributed by atoms with Gasteiger partial charge in [0.25, 0.3) is 0 Å². The van der Waals surface area contributed by atoms with E-state index in [-0.39, 0.29) is 5.82 Å². The molecule has 2 rings (SSSR count). The van der Waals surface area contributed by atoms with Gasteiger partial charge in [-0.1, -0.05) is 17.7 Å². The molecule has 0 fully saturated rings. The maximum Gasteiger partial charge on any atom is 0.123 e. The number of hydrogen-bond acceptors (Lipinski definition) is 1. The quantitative estimate of drug-likeness (QED) is 0.806. The first-order valence-electron chi connectivity index (χ1n) is 4.94. The molecule has 0 spiro atoms. The van der Waals surface area contributed by atoms with Crippen molar-refractivity contribution >= 4 is 23.0 Å². The fourth-order valence-corrected chi connectivity index (χ4v) is 1.59. The third-order valence-electron chi connectivity index (χ3n) is 2.32. The molecular formula is C13H11ClFN. The molecule has 0 amide bonds. The molecule has 16 heavy (non-hydrogen) atoms. The SMILES string of the molecule is Cc1ccc(Cl)cc1Nc1ccc(F)cc1. The molecule has 0 atom stereocenters. The van der Waals surface area contributed by atoms with Gasteiger partial charge in [0.15, 0.2) is 0 Å². The summed E-state index contributed by atoms with van der Waals surface area (Å²) in [5.41, 5.74) is 2.86. The second-order valence-corrected chi connectivity index (χ2v) is 4.03. The molecule has 2 aromatic rings. The zero-order valence-corrected chi connectivity index (χ0v) is 9.55. The van der Waals surface area contributed by atoms with Gasteiger partial charge in [-0.25, -0.2) is 4.39 Å². The Hall–Kier alpha value is -1.54. The summed E-state index contributed by atoms with van der Waals surface area (Å²) in [6.07, 6.45) is 0. The summed E-state index contributed by atoms with van der Waals surface area (Å²) in [5.74, 6) is -0.242. The number of anilines is 2. The molecule has 0 saturated carbocycles. The molecule has 82 valence electrons. The Labute approximate surface area is 98.9 Å². The van der Waals surface area contributed by atoms with Crippen molar-refractivity contribution in [2.75, 3.05) is 5.32 Å². The zero-order chi connectivity index (χ0) is 11.5. The van der Waals surface area contributed by atoms with Crippen LogP contribution >= 0.6 is 11.6 Å². The molecule has 0 heterocycles. The number of benzene rings is 2. The third kappa shape index (κ3) is 2.52. The Bertz CT molecular complexity index is 494. The van der Waals surface area contributed by atoms with Gasteiger partial charge in [0, 0.05) is 16.4 Å². The summed E-state index contributed by atoms with van der Waals surface area (Å²) in [6, 6.07) is 11.8. The van der Waals surface area contributed by atoms with Crippen molar-refractivity contribution in [1.29, 1.82) is 0 Å². The van der Waals surface area contributed by atoms with Gasteiger partial charge in [-0.2, -0.15) is 0 Å². The highest BCUT2D eigenvalue weighted by Gasteiger charge is 2.00. The molecule has 1 N–H and O–H groups in total. The molecule has 2 aromatic carbocycles. The zero-order valence-electron chi connectivity index (χ0n) is 8.80. The highest BCUT2D eigenvalue weighted by molar-refractivity contribution is 6.30. The standard InChI is InChI=1S/C13H11ClFN/c1-9-2-3-10(14)8-13(9)16-12-6-4-11(15)5-7-12/h2-8,16H,1H3. The third-order valence-corrected chi connectivity index (χ3v) is 2.56. The van der Waals surface area contributed by atoms with E-state index in [4.69, 9.17) is 11.6 Å². The van der Waals surface area contributed by atoms with Crippen molar-refractivity contribution in [2.45, 2.75) is 6.92 Å². The van der Waals surface area contributed by atoms with Crippen LogP contribution in [0.2, 0.25) is 5.02 Å². The molecule has 0 aliphatic heterocycles.